The second-order valence-corrected chi connectivity index (χ2v) is 8.08. The number of aromatic nitrogens is 1. The van der Waals surface area contributed by atoms with E-state index in [-0.39, 0.29) is 36.5 Å². The van der Waals surface area contributed by atoms with Crippen LogP contribution in [0.3, 0.4) is 0 Å². The van der Waals surface area contributed by atoms with E-state index in [4.69, 9.17) is 0 Å². The van der Waals surface area contributed by atoms with Crippen molar-refractivity contribution in [3.63, 3.8) is 0 Å². The Balaban J connectivity index is 1.37. The monoisotopic (exact) mass is 433 g/mol. The van der Waals surface area contributed by atoms with Gasteiger partial charge in [-0.25, -0.2) is 4.98 Å². The van der Waals surface area contributed by atoms with Crippen LogP contribution in [0.25, 0.3) is 11.3 Å². The van der Waals surface area contributed by atoms with Crippen LogP contribution in [0.2, 0.25) is 0 Å². The lowest BCUT2D eigenvalue weighted by Crippen LogP contribution is -2.31. The van der Waals surface area contributed by atoms with Crippen molar-refractivity contribution in [1.82, 2.24) is 9.88 Å². The maximum absolute atomic E-state index is 12.4. The third-order valence-corrected chi connectivity index (χ3v) is 5.98. The van der Waals surface area contributed by atoms with Crippen molar-refractivity contribution in [2.24, 2.45) is 0 Å². The standard InChI is InChI=1S/C23H19N3O4S/c1-14(27)20-19(15-8-3-2-4-9-15)25-23(31-20)24-18(28)12-7-13-26-21(29)16-10-5-6-11-17(16)22(26)30/h2-6,8-11H,7,12-13H2,1H3,(H,24,25,28). The van der Waals surface area contributed by atoms with Crippen LogP contribution in [0.1, 0.15) is 50.2 Å². The predicted octanol–water partition coefficient (Wildman–Crippen LogP) is 4.03. The lowest BCUT2D eigenvalue weighted by molar-refractivity contribution is -0.116. The largest absolute Gasteiger partial charge is 0.302 e. The van der Waals surface area contributed by atoms with Crippen LogP contribution in [-0.4, -0.2) is 39.9 Å². The molecule has 1 N–H and O–H groups in total. The van der Waals surface area contributed by atoms with Crippen molar-refractivity contribution in [2.75, 3.05) is 11.9 Å². The predicted molar refractivity (Wildman–Crippen MR) is 117 cm³/mol. The van der Waals surface area contributed by atoms with Gasteiger partial charge in [-0.3, -0.25) is 24.1 Å². The molecule has 8 heteroatoms. The molecule has 0 radical (unpaired) electrons. The van der Waals surface area contributed by atoms with Gasteiger partial charge in [0.15, 0.2) is 10.9 Å². The molecular weight excluding hydrogens is 414 g/mol. The highest BCUT2D eigenvalue weighted by Gasteiger charge is 2.34. The smallest absolute Gasteiger partial charge is 0.261 e. The fourth-order valence-corrected chi connectivity index (χ4v) is 4.32. The lowest BCUT2D eigenvalue weighted by atomic mass is 10.1. The number of carbonyl (C=O) groups is 4. The van der Waals surface area contributed by atoms with Crippen molar-refractivity contribution in [2.45, 2.75) is 19.8 Å². The summed E-state index contributed by atoms with van der Waals surface area (Å²) in [7, 11) is 0. The first kappa shape index (κ1) is 20.6. The number of thiazole rings is 1. The molecule has 0 saturated heterocycles. The van der Waals surface area contributed by atoms with Gasteiger partial charge in [0, 0.05) is 25.5 Å². The fourth-order valence-electron chi connectivity index (χ4n) is 3.43. The first-order valence-corrected chi connectivity index (χ1v) is 10.6. The van der Waals surface area contributed by atoms with E-state index in [1.54, 1.807) is 24.3 Å². The van der Waals surface area contributed by atoms with E-state index in [9.17, 15) is 19.2 Å². The number of amides is 3. The second-order valence-electron chi connectivity index (χ2n) is 7.08. The van der Waals surface area contributed by atoms with E-state index in [1.165, 1.54) is 11.8 Å². The molecule has 1 aliphatic rings. The molecule has 0 unspecified atom stereocenters. The Hall–Kier alpha value is -3.65. The number of fused-ring (bicyclic) bond motifs is 1. The normalized spacial score (nSPS) is 12.7. The number of carbonyl (C=O) groups excluding carboxylic acids is 4. The van der Waals surface area contributed by atoms with Gasteiger partial charge in [0.1, 0.15) is 0 Å². The maximum atomic E-state index is 12.4. The molecule has 0 saturated carbocycles. The first-order chi connectivity index (χ1) is 15.0. The van der Waals surface area contributed by atoms with E-state index in [0.717, 1.165) is 16.9 Å². The molecule has 2 aromatic carbocycles. The summed E-state index contributed by atoms with van der Waals surface area (Å²) >= 11 is 1.13. The minimum absolute atomic E-state index is 0.114. The highest BCUT2D eigenvalue weighted by molar-refractivity contribution is 7.18. The van der Waals surface area contributed by atoms with E-state index >= 15 is 0 Å². The fraction of sp³-hybridized carbons (Fsp3) is 0.174. The number of ketones is 1. The Bertz CT molecular complexity index is 1150. The number of benzene rings is 2. The molecule has 0 spiro atoms. The number of anilines is 1. The Morgan fingerprint density at radius 3 is 2.19 bits per heavy atom. The molecule has 1 aromatic heterocycles. The van der Waals surface area contributed by atoms with Crippen molar-refractivity contribution < 1.29 is 19.2 Å². The first-order valence-electron chi connectivity index (χ1n) is 9.78. The average Bonchev–Trinajstić information content (AvgIpc) is 3.30. The Kier molecular flexibility index (Phi) is 5.73. The number of nitrogens with zero attached hydrogens (tertiary/aromatic N) is 2. The van der Waals surface area contributed by atoms with Crippen LogP contribution in [0.4, 0.5) is 5.13 Å². The van der Waals surface area contributed by atoms with Crippen molar-refractivity contribution in [3.8, 4) is 11.3 Å². The molecule has 1 aliphatic heterocycles. The summed E-state index contributed by atoms with van der Waals surface area (Å²) in [6.07, 6.45) is 0.441. The van der Waals surface area contributed by atoms with E-state index in [1.807, 2.05) is 30.3 Å². The van der Waals surface area contributed by atoms with Gasteiger partial charge >= 0.3 is 0 Å². The van der Waals surface area contributed by atoms with Crippen LogP contribution < -0.4 is 5.32 Å². The third kappa shape index (κ3) is 4.15. The van der Waals surface area contributed by atoms with Crippen LogP contribution in [0, 0.1) is 0 Å². The molecular formula is C23H19N3O4S. The zero-order chi connectivity index (χ0) is 22.0. The number of nitrogens with one attached hydrogen (secondary N) is 1. The molecule has 3 aromatic rings. The topological polar surface area (TPSA) is 96.4 Å². The van der Waals surface area contributed by atoms with E-state index in [0.29, 0.717) is 33.3 Å². The molecule has 0 atom stereocenters. The summed E-state index contributed by atoms with van der Waals surface area (Å²) in [6.45, 7) is 1.62. The number of hydrogen-bond donors (Lipinski definition) is 1. The van der Waals surface area contributed by atoms with E-state index in [2.05, 4.69) is 10.3 Å². The van der Waals surface area contributed by atoms with Crippen LogP contribution in [0.15, 0.2) is 54.6 Å². The molecule has 31 heavy (non-hydrogen) atoms. The highest BCUT2D eigenvalue weighted by Crippen LogP contribution is 2.31. The molecule has 4 rings (SSSR count). The zero-order valence-electron chi connectivity index (χ0n) is 16.8. The molecule has 2 heterocycles. The van der Waals surface area contributed by atoms with Gasteiger partial charge in [0.05, 0.1) is 21.7 Å². The zero-order valence-corrected chi connectivity index (χ0v) is 17.6. The minimum Gasteiger partial charge on any atom is -0.302 e. The van der Waals surface area contributed by atoms with Crippen molar-refractivity contribution in [3.05, 3.63) is 70.6 Å². The van der Waals surface area contributed by atoms with Crippen molar-refractivity contribution >= 4 is 40.0 Å². The summed E-state index contributed by atoms with van der Waals surface area (Å²) in [5, 5.41) is 3.06. The quantitative estimate of drug-likeness (QED) is 0.448. The number of hydrogen-bond acceptors (Lipinski definition) is 6. The van der Waals surface area contributed by atoms with Gasteiger partial charge in [0.2, 0.25) is 5.91 Å². The van der Waals surface area contributed by atoms with Gasteiger partial charge in [-0.2, -0.15) is 0 Å². The Labute approximate surface area is 182 Å². The van der Waals surface area contributed by atoms with Crippen LogP contribution >= 0.6 is 11.3 Å². The third-order valence-electron chi connectivity index (χ3n) is 4.90. The number of rotatable bonds is 7. The molecule has 0 bridgehead atoms. The van der Waals surface area contributed by atoms with Crippen LogP contribution in [-0.2, 0) is 4.79 Å². The van der Waals surface area contributed by atoms with Gasteiger partial charge in [-0.05, 0) is 18.6 Å². The minimum atomic E-state index is -0.334. The average molecular weight is 433 g/mol. The SMILES string of the molecule is CC(=O)c1sc(NC(=O)CCCN2C(=O)c3ccccc3C2=O)nc1-c1ccccc1. The molecule has 0 aliphatic carbocycles. The second kappa shape index (κ2) is 8.61. The van der Waals surface area contributed by atoms with Crippen LogP contribution in [0.5, 0.6) is 0 Å². The summed E-state index contributed by atoms with van der Waals surface area (Å²) in [5.41, 5.74) is 2.13. The molecule has 156 valence electrons. The summed E-state index contributed by atoms with van der Waals surface area (Å²) in [4.78, 5) is 55.2. The number of imide groups is 1. The van der Waals surface area contributed by atoms with Gasteiger partial charge in [-0.15, -0.1) is 0 Å². The summed E-state index contributed by atoms with van der Waals surface area (Å²) in [5.74, 6) is -1.08. The maximum Gasteiger partial charge on any atom is 0.261 e. The van der Waals surface area contributed by atoms with E-state index < -0.39 is 0 Å². The Morgan fingerprint density at radius 1 is 0.968 bits per heavy atom. The Morgan fingerprint density at radius 2 is 1.58 bits per heavy atom. The van der Waals surface area contributed by atoms with Crippen molar-refractivity contribution in [1.29, 1.82) is 0 Å². The van der Waals surface area contributed by atoms with Gasteiger partial charge in [0.25, 0.3) is 11.8 Å². The summed E-state index contributed by atoms with van der Waals surface area (Å²) in [6, 6.07) is 16.0. The highest BCUT2D eigenvalue weighted by atomic mass is 32.1. The summed E-state index contributed by atoms with van der Waals surface area (Å²) < 4.78 is 0. The molecule has 3 amide bonds. The molecule has 0 fully saturated rings. The number of Topliss-reactive ketones (excluding diaryl/α,β-unsaturated/α-hetero) is 1. The lowest BCUT2D eigenvalue weighted by Gasteiger charge is -2.13. The van der Waals surface area contributed by atoms with Gasteiger partial charge < -0.3 is 5.32 Å². The van der Waals surface area contributed by atoms with Gasteiger partial charge in [-0.1, -0.05) is 53.8 Å². The molecule has 7 nitrogen and oxygen atoms in total.